The van der Waals surface area contributed by atoms with Gasteiger partial charge < -0.3 is 15.1 Å². The van der Waals surface area contributed by atoms with Crippen molar-refractivity contribution in [1.82, 2.24) is 0 Å². The summed E-state index contributed by atoms with van der Waals surface area (Å²) < 4.78 is 5.12. The van der Waals surface area contributed by atoms with E-state index >= 15 is 0 Å². The van der Waals surface area contributed by atoms with Crippen LogP contribution in [-0.4, -0.2) is 28.0 Å². The summed E-state index contributed by atoms with van der Waals surface area (Å²) in [5, 5.41) is 0. The second-order valence-electron chi connectivity index (χ2n) is 5.10. The van der Waals surface area contributed by atoms with Crippen LogP contribution in [0, 0.1) is 11.8 Å². The standard InChI is InChI=1S/C11H19N3O3/c1-6(2)7(8(15)9(12)14-13)10(16)17-11(3,4)5/h6-7H,12H2,1-5H3/t7-/m0/s1. The minimum atomic E-state index is -1.05. The van der Waals surface area contributed by atoms with E-state index in [0.29, 0.717) is 0 Å². The molecule has 0 aromatic heterocycles. The van der Waals surface area contributed by atoms with E-state index in [9.17, 15) is 9.59 Å². The summed E-state index contributed by atoms with van der Waals surface area (Å²) in [6, 6.07) is 0. The zero-order valence-corrected chi connectivity index (χ0v) is 10.9. The van der Waals surface area contributed by atoms with Crippen LogP contribution in [0.5, 0.6) is 0 Å². The molecule has 0 unspecified atom stereocenters. The van der Waals surface area contributed by atoms with Gasteiger partial charge in [-0.1, -0.05) is 13.8 Å². The highest BCUT2D eigenvalue weighted by Gasteiger charge is 2.38. The lowest BCUT2D eigenvalue weighted by atomic mass is 9.91. The molecule has 0 rings (SSSR count). The fourth-order valence-corrected chi connectivity index (χ4v) is 1.26. The van der Waals surface area contributed by atoms with E-state index in [1.165, 1.54) is 0 Å². The van der Waals surface area contributed by atoms with E-state index in [4.69, 9.17) is 16.0 Å². The van der Waals surface area contributed by atoms with Gasteiger partial charge in [0.15, 0.2) is 0 Å². The molecule has 0 heterocycles. The first-order valence-corrected chi connectivity index (χ1v) is 5.34. The molecular formula is C11H19N3O3. The fourth-order valence-electron chi connectivity index (χ4n) is 1.26. The first kappa shape index (κ1) is 15.3. The van der Waals surface area contributed by atoms with Gasteiger partial charge in [-0.25, -0.2) is 0 Å². The second kappa shape index (κ2) is 5.59. The molecule has 0 aliphatic heterocycles. The number of amidine groups is 1. The van der Waals surface area contributed by atoms with Gasteiger partial charge in [-0.2, -0.15) is 0 Å². The van der Waals surface area contributed by atoms with Crippen LogP contribution in [0.1, 0.15) is 34.6 Å². The van der Waals surface area contributed by atoms with Crippen molar-refractivity contribution in [3.63, 3.8) is 0 Å². The van der Waals surface area contributed by atoms with Crippen LogP contribution in [0.3, 0.4) is 0 Å². The van der Waals surface area contributed by atoms with Gasteiger partial charge >= 0.3 is 11.8 Å². The maximum Gasteiger partial charge on any atom is 0.395 e. The van der Waals surface area contributed by atoms with Crippen molar-refractivity contribution < 1.29 is 19.1 Å². The monoisotopic (exact) mass is 241 g/mol. The third-order valence-electron chi connectivity index (χ3n) is 1.97. The number of nitrogens with two attached hydrogens (primary N) is 1. The molecule has 96 valence electrons. The lowest BCUT2D eigenvalue weighted by molar-refractivity contribution is -0.163. The molecule has 0 radical (unpaired) electrons. The predicted molar refractivity (Wildman–Crippen MR) is 62.0 cm³/mol. The molecule has 17 heavy (non-hydrogen) atoms. The highest BCUT2D eigenvalue weighted by molar-refractivity contribution is 6.39. The van der Waals surface area contributed by atoms with Crippen molar-refractivity contribution in [1.29, 1.82) is 0 Å². The minimum Gasteiger partial charge on any atom is -0.497 e. The number of rotatable bonds is 4. The van der Waals surface area contributed by atoms with E-state index in [-0.39, 0.29) is 5.92 Å². The Balaban J connectivity index is 5.07. The van der Waals surface area contributed by atoms with Crippen LogP contribution in [0.25, 0.3) is 5.53 Å². The van der Waals surface area contributed by atoms with E-state index < -0.39 is 29.1 Å². The number of hydrogen-bond donors (Lipinski definition) is 1. The highest BCUT2D eigenvalue weighted by atomic mass is 16.6. The van der Waals surface area contributed by atoms with Crippen molar-refractivity contribution in [2.75, 3.05) is 0 Å². The molecule has 0 aromatic carbocycles. The molecule has 0 spiro atoms. The SMILES string of the molecule is CC(C)[C@H](C(=O)OC(C)(C)C)C(=O)C(N)=[N+]=[N-]. The van der Waals surface area contributed by atoms with Gasteiger partial charge in [0.05, 0.1) is 0 Å². The van der Waals surface area contributed by atoms with Gasteiger partial charge in [0, 0.05) is 0 Å². The normalized spacial score (nSPS) is 12.8. The van der Waals surface area contributed by atoms with Gasteiger partial charge in [-0.15, -0.1) is 0 Å². The topological polar surface area (TPSA) is 106 Å². The Morgan fingerprint density at radius 1 is 1.29 bits per heavy atom. The third kappa shape index (κ3) is 4.78. The summed E-state index contributed by atoms with van der Waals surface area (Å²) in [6.45, 7) is 8.50. The number of carbonyl (C=O) groups excluding carboxylic acids is 2. The van der Waals surface area contributed by atoms with Gasteiger partial charge in [0.2, 0.25) is 0 Å². The number of ether oxygens (including phenoxy) is 1. The summed E-state index contributed by atoms with van der Waals surface area (Å²) in [5.74, 6) is -3.32. The Kier molecular flexibility index (Phi) is 5.04. The maximum absolute atomic E-state index is 11.8. The van der Waals surface area contributed by atoms with Crippen molar-refractivity contribution in [3.8, 4) is 0 Å². The molecule has 0 bridgehead atoms. The van der Waals surface area contributed by atoms with Gasteiger partial charge in [-0.05, 0) is 26.7 Å². The number of ketones is 1. The minimum absolute atomic E-state index is 0.294. The third-order valence-corrected chi connectivity index (χ3v) is 1.97. The Morgan fingerprint density at radius 2 is 1.76 bits per heavy atom. The van der Waals surface area contributed by atoms with Crippen molar-refractivity contribution >= 4 is 17.6 Å². The summed E-state index contributed by atoms with van der Waals surface area (Å²) in [6.07, 6.45) is 0. The first-order chi connectivity index (χ1) is 7.60. The van der Waals surface area contributed by atoms with Crippen LogP contribution in [0.2, 0.25) is 0 Å². The summed E-state index contributed by atoms with van der Waals surface area (Å²) in [5.41, 5.74) is 13.0. The van der Waals surface area contributed by atoms with Crippen LogP contribution in [0.15, 0.2) is 0 Å². The number of esters is 1. The van der Waals surface area contributed by atoms with E-state index in [1.807, 2.05) is 0 Å². The Bertz CT molecular complexity index is 363. The summed E-state index contributed by atoms with van der Waals surface area (Å²) >= 11 is 0. The zero-order chi connectivity index (χ0) is 13.8. The second-order valence-corrected chi connectivity index (χ2v) is 5.10. The van der Waals surface area contributed by atoms with Crippen molar-refractivity contribution in [2.24, 2.45) is 17.6 Å². The molecule has 6 nitrogen and oxygen atoms in total. The highest BCUT2D eigenvalue weighted by Crippen LogP contribution is 2.18. The molecule has 6 heteroatoms. The lowest BCUT2D eigenvalue weighted by Gasteiger charge is -2.24. The van der Waals surface area contributed by atoms with Crippen molar-refractivity contribution in [3.05, 3.63) is 5.53 Å². The molecule has 0 aliphatic rings. The van der Waals surface area contributed by atoms with Crippen LogP contribution >= 0.6 is 0 Å². The molecule has 0 amide bonds. The maximum atomic E-state index is 11.8. The molecule has 0 aliphatic carbocycles. The van der Waals surface area contributed by atoms with Gasteiger partial charge in [0.25, 0.3) is 5.78 Å². The molecule has 0 aromatic rings. The van der Waals surface area contributed by atoms with E-state index in [0.717, 1.165) is 0 Å². The average molecular weight is 241 g/mol. The molecule has 2 N–H and O–H groups in total. The fraction of sp³-hybridized carbons (Fsp3) is 0.727. The van der Waals surface area contributed by atoms with Crippen LogP contribution < -0.4 is 5.73 Å². The Labute approximate surface area is 101 Å². The Hall–Kier alpha value is -1.68. The lowest BCUT2D eigenvalue weighted by Crippen LogP contribution is -2.41. The molecule has 1 atom stereocenters. The Morgan fingerprint density at radius 3 is 2.06 bits per heavy atom. The number of nitrogens with zero attached hydrogens (tertiary/aromatic N) is 2. The molecule has 0 saturated carbocycles. The summed E-state index contributed by atoms with van der Waals surface area (Å²) in [4.78, 5) is 26.2. The zero-order valence-electron chi connectivity index (χ0n) is 10.9. The smallest absolute Gasteiger partial charge is 0.395 e. The molecular weight excluding hydrogens is 222 g/mol. The number of Topliss-reactive ketones (excluding diaryl/α,β-unsaturated/α-hetero) is 1. The van der Waals surface area contributed by atoms with Gasteiger partial charge in [-0.3, -0.25) is 15.3 Å². The predicted octanol–water partition coefficient (Wildman–Crippen LogP) is 0.756. The quantitative estimate of drug-likeness (QED) is 0.196. The van der Waals surface area contributed by atoms with Crippen molar-refractivity contribution in [2.45, 2.75) is 40.2 Å². The van der Waals surface area contributed by atoms with Crippen LogP contribution in [0.4, 0.5) is 0 Å². The van der Waals surface area contributed by atoms with E-state index in [2.05, 4.69) is 4.79 Å². The molecule has 0 fully saturated rings. The van der Waals surface area contributed by atoms with E-state index in [1.54, 1.807) is 34.6 Å². The largest absolute Gasteiger partial charge is 0.497 e. The average Bonchev–Trinajstić information content (AvgIpc) is 2.12. The summed E-state index contributed by atoms with van der Waals surface area (Å²) in [7, 11) is 0. The van der Waals surface area contributed by atoms with Gasteiger partial charge in [0.1, 0.15) is 11.5 Å². The number of carbonyl (C=O) groups is 2. The molecule has 0 saturated heterocycles. The van der Waals surface area contributed by atoms with Crippen LogP contribution in [-0.2, 0) is 14.3 Å². The number of hydrogen-bond acceptors (Lipinski definition) is 3. The first-order valence-electron chi connectivity index (χ1n) is 5.34.